The van der Waals surface area contributed by atoms with Gasteiger partial charge >= 0.3 is 0 Å². The van der Waals surface area contributed by atoms with Gasteiger partial charge in [0.1, 0.15) is 60.4 Å². The summed E-state index contributed by atoms with van der Waals surface area (Å²) in [7, 11) is 15.9. The standard InChI is InChI=1S/C49H40B7N5O/c1-49(2)28-19-18-26(22-27(28)32-29(49)20-21-30-44(32)62-47(57-30)25-16-10-5-11-17-25)31-35(50)33-34-37(52)38(53)39(54)41(56)43(34)61(42(33)40(55)36(31)51)48-59-45(23-12-6-3-7-13-23)58-46(60-48)24-14-8-4-9-15-24/h3-22H,50-56H2,1-2H3. The lowest BCUT2D eigenvalue weighted by Gasteiger charge is -2.22. The van der Waals surface area contributed by atoms with Gasteiger partial charge in [-0.2, -0.15) is 9.97 Å². The topological polar surface area (TPSA) is 69.6 Å². The highest BCUT2D eigenvalue weighted by molar-refractivity contribution is 6.69. The van der Waals surface area contributed by atoms with Crippen molar-refractivity contribution in [3.8, 4) is 62.4 Å². The number of aromatic nitrogens is 5. The maximum absolute atomic E-state index is 6.70. The van der Waals surface area contributed by atoms with E-state index >= 15 is 0 Å². The van der Waals surface area contributed by atoms with E-state index in [1.54, 1.807) is 0 Å². The van der Waals surface area contributed by atoms with Gasteiger partial charge < -0.3 is 4.42 Å². The van der Waals surface area contributed by atoms with Crippen molar-refractivity contribution in [2.45, 2.75) is 19.3 Å². The molecule has 0 aliphatic heterocycles. The number of rotatable bonds is 5. The maximum atomic E-state index is 6.70. The molecule has 7 aromatic carbocycles. The molecule has 10 aromatic rings. The van der Waals surface area contributed by atoms with E-state index in [0.717, 1.165) is 44.4 Å². The third-order valence-corrected chi connectivity index (χ3v) is 14.0. The molecule has 62 heavy (non-hydrogen) atoms. The highest BCUT2D eigenvalue weighted by Crippen LogP contribution is 2.52. The molecule has 6 nitrogen and oxygen atoms in total. The Morgan fingerprint density at radius 3 is 1.61 bits per heavy atom. The first-order valence-electron chi connectivity index (χ1n) is 21.5. The Balaban J connectivity index is 1.20. The summed E-state index contributed by atoms with van der Waals surface area (Å²) in [6.07, 6.45) is 0. The maximum Gasteiger partial charge on any atom is 0.238 e. The normalized spacial score (nSPS) is 12.9. The molecule has 1 aliphatic rings. The van der Waals surface area contributed by atoms with Gasteiger partial charge in [-0.05, 0) is 57.5 Å². The molecular formula is C49H40B7N5O. The van der Waals surface area contributed by atoms with Crippen molar-refractivity contribution in [3.63, 3.8) is 0 Å². The Morgan fingerprint density at radius 1 is 0.468 bits per heavy atom. The van der Waals surface area contributed by atoms with Crippen LogP contribution in [0.2, 0.25) is 0 Å². The molecule has 3 aromatic heterocycles. The first-order valence-corrected chi connectivity index (χ1v) is 21.5. The summed E-state index contributed by atoms with van der Waals surface area (Å²) < 4.78 is 9.04. The number of fused-ring (bicyclic) bond motifs is 8. The molecule has 0 atom stereocenters. The van der Waals surface area contributed by atoms with Crippen molar-refractivity contribution in [2.24, 2.45) is 0 Å². The number of nitrogens with zero attached hydrogens (tertiary/aromatic N) is 5. The Labute approximate surface area is 367 Å². The monoisotopic (exact) mass is 791 g/mol. The zero-order chi connectivity index (χ0) is 42.8. The van der Waals surface area contributed by atoms with Crippen LogP contribution in [-0.2, 0) is 5.41 Å². The molecule has 0 amide bonds. The van der Waals surface area contributed by atoms with Gasteiger partial charge in [-0.25, -0.2) is 9.97 Å². The third kappa shape index (κ3) is 5.46. The predicted molar refractivity (Wildman–Crippen MR) is 278 cm³/mol. The molecule has 0 spiro atoms. The second-order valence-electron chi connectivity index (χ2n) is 17.7. The van der Waals surface area contributed by atoms with Crippen molar-refractivity contribution in [2.75, 3.05) is 0 Å². The van der Waals surface area contributed by atoms with Gasteiger partial charge in [0.2, 0.25) is 11.8 Å². The van der Waals surface area contributed by atoms with Crippen molar-refractivity contribution in [3.05, 3.63) is 132 Å². The van der Waals surface area contributed by atoms with E-state index in [-0.39, 0.29) is 5.41 Å². The SMILES string of the molecule is Bc1c(B)c(B)c2c(c1B)c1c(B)c(-c3ccc4c(c3)-c3c(ccc5nc(-c6ccccc6)oc35)C4(C)C)c(B)c(B)c1n2-c1nc(-c2ccccc2)nc(-c2ccccc2)n1. The minimum absolute atomic E-state index is 0.208. The highest BCUT2D eigenvalue weighted by atomic mass is 16.3. The number of benzene rings is 7. The predicted octanol–water partition coefficient (Wildman–Crippen LogP) is -0.107. The van der Waals surface area contributed by atoms with E-state index in [1.165, 1.54) is 76.8 Å². The average molecular weight is 791 g/mol. The van der Waals surface area contributed by atoms with Crippen LogP contribution in [0, 0.1) is 0 Å². The van der Waals surface area contributed by atoms with Crippen molar-refractivity contribution >= 4 is 126 Å². The van der Waals surface area contributed by atoms with E-state index < -0.39 is 0 Å². The van der Waals surface area contributed by atoms with Gasteiger partial charge in [-0.15, -0.1) is 5.46 Å². The number of hydrogen-bond acceptors (Lipinski definition) is 5. The Kier molecular flexibility index (Phi) is 8.57. The largest absolute Gasteiger partial charge is 0.435 e. The van der Waals surface area contributed by atoms with Crippen LogP contribution in [0.1, 0.15) is 25.0 Å². The van der Waals surface area contributed by atoms with Crippen molar-refractivity contribution in [1.82, 2.24) is 24.5 Å². The fraction of sp³-hybridized carbons (Fsp3) is 0.0612. The van der Waals surface area contributed by atoms with E-state index in [4.69, 9.17) is 24.4 Å². The third-order valence-electron chi connectivity index (χ3n) is 14.0. The minimum Gasteiger partial charge on any atom is -0.435 e. The van der Waals surface area contributed by atoms with Gasteiger partial charge in [-0.1, -0.05) is 144 Å². The molecule has 0 bridgehead atoms. The molecule has 0 saturated heterocycles. The van der Waals surface area contributed by atoms with Crippen LogP contribution in [-0.4, -0.2) is 79.4 Å². The zero-order valence-corrected chi connectivity index (χ0v) is 36.7. The number of hydrogen-bond donors (Lipinski definition) is 0. The van der Waals surface area contributed by atoms with Crippen LogP contribution in [0.15, 0.2) is 126 Å². The van der Waals surface area contributed by atoms with Crippen LogP contribution in [0.5, 0.6) is 0 Å². The Morgan fingerprint density at radius 2 is 1.00 bits per heavy atom. The number of oxazole rings is 1. The van der Waals surface area contributed by atoms with Crippen molar-refractivity contribution in [1.29, 1.82) is 0 Å². The van der Waals surface area contributed by atoms with Gasteiger partial charge in [-0.3, -0.25) is 4.57 Å². The van der Waals surface area contributed by atoms with Crippen LogP contribution >= 0.6 is 0 Å². The molecule has 11 rings (SSSR count). The van der Waals surface area contributed by atoms with Gasteiger partial charge in [0, 0.05) is 44.1 Å². The van der Waals surface area contributed by atoms with Crippen LogP contribution in [0.25, 0.3) is 95.3 Å². The van der Waals surface area contributed by atoms with E-state index in [0.29, 0.717) is 23.5 Å². The first-order chi connectivity index (χ1) is 29.9. The molecule has 288 valence electrons. The summed E-state index contributed by atoms with van der Waals surface area (Å²) in [6.45, 7) is 4.64. The zero-order valence-electron chi connectivity index (χ0n) is 36.7. The molecule has 0 saturated carbocycles. The summed E-state index contributed by atoms with van der Waals surface area (Å²) in [5, 5.41) is 2.48. The lowest BCUT2D eigenvalue weighted by Crippen LogP contribution is -2.48. The Bertz CT molecular complexity index is 3460. The van der Waals surface area contributed by atoms with E-state index in [9.17, 15) is 0 Å². The highest BCUT2D eigenvalue weighted by Gasteiger charge is 2.38. The average Bonchev–Trinajstić information content (AvgIpc) is 3.97. The molecular weight excluding hydrogens is 750 g/mol. The van der Waals surface area contributed by atoms with Gasteiger partial charge in [0.25, 0.3) is 0 Å². The van der Waals surface area contributed by atoms with Crippen LogP contribution in [0.4, 0.5) is 0 Å². The quantitative estimate of drug-likeness (QED) is 0.228. The molecule has 0 radical (unpaired) electrons. The van der Waals surface area contributed by atoms with Gasteiger partial charge in [0.05, 0.1) is 0 Å². The van der Waals surface area contributed by atoms with Crippen LogP contribution < -0.4 is 38.2 Å². The molecule has 3 heterocycles. The molecule has 0 unspecified atom stereocenters. The second-order valence-corrected chi connectivity index (χ2v) is 17.7. The molecule has 0 fully saturated rings. The summed E-state index contributed by atoms with van der Waals surface area (Å²) in [6, 6.07) is 42.1. The van der Waals surface area contributed by atoms with Gasteiger partial charge in [0.15, 0.2) is 17.2 Å². The smallest absolute Gasteiger partial charge is 0.238 e. The Hall–Kier alpha value is -6.73. The lowest BCUT2D eigenvalue weighted by atomic mass is 9.64. The second kappa shape index (κ2) is 13.9. The molecule has 1 aliphatic carbocycles. The molecule has 13 heteroatoms. The fourth-order valence-electron chi connectivity index (χ4n) is 10.3. The summed E-state index contributed by atoms with van der Waals surface area (Å²) >= 11 is 0. The van der Waals surface area contributed by atoms with Crippen molar-refractivity contribution < 1.29 is 4.42 Å². The van der Waals surface area contributed by atoms with E-state index in [2.05, 4.69) is 140 Å². The lowest BCUT2D eigenvalue weighted by molar-refractivity contribution is 0.618. The summed E-state index contributed by atoms with van der Waals surface area (Å²) in [5.74, 6) is 2.54. The van der Waals surface area contributed by atoms with Crippen LogP contribution in [0.3, 0.4) is 0 Å². The summed E-state index contributed by atoms with van der Waals surface area (Å²) in [4.78, 5) is 20.7. The minimum atomic E-state index is -0.208. The first kappa shape index (κ1) is 38.2. The molecule has 0 N–H and O–H groups in total. The van der Waals surface area contributed by atoms with E-state index in [1.807, 2.05) is 54.6 Å². The fourth-order valence-corrected chi connectivity index (χ4v) is 10.3. The summed E-state index contributed by atoms with van der Waals surface area (Å²) in [5.41, 5.74) is 22.7.